The van der Waals surface area contributed by atoms with E-state index in [0.29, 0.717) is 0 Å². The first-order valence-corrected chi connectivity index (χ1v) is 7.64. The molecule has 0 aliphatic heterocycles. The molecule has 0 heteroatoms. The molecule has 0 aromatic heterocycles. The molecule has 0 heterocycles. The van der Waals surface area contributed by atoms with Gasteiger partial charge in [0.15, 0.2) is 0 Å². The number of hydrogen-bond donors (Lipinski definition) is 0. The first-order chi connectivity index (χ1) is 7.81. The largest absolute Gasteiger partial charge is 0.0654 e. The molecule has 0 amide bonds. The second-order valence-electron chi connectivity index (χ2n) is 5.27. The van der Waals surface area contributed by atoms with Crippen LogP contribution in [0.2, 0.25) is 0 Å². The summed E-state index contributed by atoms with van der Waals surface area (Å²) in [7, 11) is 0. The van der Waals surface area contributed by atoms with E-state index >= 15 is 0 Å². The Hall–Kier alpha value is 0. The molecule has 0 spiro atoms. The lowest BCUT2D eigenvalue weighted by atomic mass is 9.96. The van der Waals surface area contributed by atoms with Crippen molar-refractivity contribution >= 4 is 0 Å². The Bertz CT molecular complexity index is 117. The highest BCUT2D eigenvalue weighted by Gasteiger charge is 2.01. The molecule has 0 bridgehead atoms. The van der Waals surface area contributed by atoms with Crippen LogP contribution in [0.3, 0.4) is 0 Å². The Kier molecular flexibility index (Phi) is 13.1. The maximum atomic E-state index is 2.55. The van der Waals surface area contributed by atoms with Gasteiger partial charge >= 0.3 is 0 Å². The standard InChI is InChI=1S/C16H33/c1-4-6-8-10-11-13-15-16(3)14-12-9-7-5-2/h15-16H,4-14H2,1-3H3. The molecule has 1 atom stereocenters. The van der Waals surface area contributed by atoms with Crippen LogP contribution >= 0.6 is 0 Å². The van der Waals surface area contributed by atoms with E-state index in [1.807, 2.05) is 0 Å². The summed E-state index contributed by atoms with van der Waals surface area (Å²) >= 11 is 0. The molecule has 97 valence electrons. The minimum Gasteiger partial charge on any atom is -0.0654 e. The van der Waals surface area contributed by atoms with Crippen LogP contribution in [0.15, 0.2) is 0 Å². The average Bonchev–Trinajstić information content (AvgIpc) is 2.29. The lowest BCUT2D eigenvalue weighted by Gasteiger charge is -2.10. The van der Waals surface area contributed by atoms with Crippen molar-refractivity contribution in [2.45, 2.75) is 91.4 Å². The van der Waals surface area contributed by atoms with E-state index in [1.54, 1.807) is 0 Å². The predicted molar refractivity (Wildman–Crippen MR) is 75.6 cm³/mol. The number of rotatable bonds is 12. The summed E-state index contributed by atoms with van der Waals surface area (Å²) in [5.74, 6) is 0.850. The summed E-state index contributed by atoms with van der Waals surface area (Å²) in [5, 5.41) is 0. The summed E-state index contributed by atoms with van der Waals surface area (Å²) in [5.41, 5.74) is 0. The molecular formula is C16H33. The Balaban J connectivity index is 3.08. The van der Waals surface area contributed by atoms with Crippen molar-refractivity contribution in [2.24, 2.45) is 5.92 Å². The molecule has 0 aromatic carbocycles. The molecule has 1 unspecified atom stereocenters. The average molecular weight is 225 g/mol. The minimum atomic E-state index is 0.850. The third-order valence-electron chi connectivity index (χ3n) is 3.39. The minimum absolute atomic E-state index is 0.850. The number of hydrogen-bond acceptors (Lipinski definition) is 0. The fraction of sp³-hybridized carbons (Fsp3) is 0.938. The summed E-state index contributed by atoms with van der Waals surface area (Å²) in [4.78, 5) is 0. The second-order valence-corrected chi connectivity index (χ2v) is 5.27. The zero-order valence-electron chi connectivity index (χ0n) is 11.9. The van der Waals surface area contributed by atoms with Crippen molar-refractivity contribution in [1.29, 1.82) is 0 Å². The van der Waals surface area contributed by atoms with E-state index in [4.69, 9.17) is 0 Å². The predicted octanol–water partition coefficient (Wildman–Crippen LogP) is 6.16. The smallest absolute Gasteiger partial charge is 0.0358 e. The van der Waals surface area contributed by atoms with Gasteiger partial charge in [-0.05, 0) is 18.8 Å². The van der Waals surface area contributed by atoms with Crippen LogP contribution in [-0.2, 0) is 0 Å². The van der Waals surface area contributed by atoms with Gasteiger partial charge in [0, 0.05) is 0 Å². The Morgan fingerprint density at radius 3 is 1.94 bits per heavy atom. The highest BCUT2D eigenvalue weighted by Crippen LogP contribution is 2.16. The van der Waals surface area contributed by atoms with Crippen molar-refractivity contribution in [3.8, 4) is 0 Å². The van der Waals surface area contributed by atoms with Gasteiger partial charge in [-0.3, -0.25) is 0 Å². The van der Waals surface area contributed by atoms with E-state index in [1.165, 1.54) is 70.6 Å². The Morgan fingerprint density at radius 1 is 0.750 bits per heavy atom. The van der Waals surface area contributed by atoms with Crippen LogP contribution in [0.4, 0.5) is 0 Å². The molecule has 0 saturated carbocycles. The summed E-state index contributed by atoms with van der Waals surface area (Å²) in [6.45, 7) is 6.95. The Labute approximate surface area is 104 Å². The third kappa shape index (κ3) is 12.1. The maximum absolute atomic E-state index is 2.55. The molecule has 1 radical (unpaired) electrons. The van der Waals surface area contributed by atoms with Crippen LogP contribution in [0, 0.1) is 12.3 Å². The highest BCUT2D eigenvalue weighted by molar-refractivity contribution is 4.72. The van der Waals surface area contributed by atoms with Crippen LogP contribution in [-0.4, -0.2) is 0 Å². The first kappa shape index (κ1) is 16.0. The molecule has 0 aliphatic rings. The van der Waals surface area contributed by atoms with E-state index in [2.05, 4.69) is 27.2 Å². The highest BCUT2D eigenvalue weighted by atomic mass is 14.1. The SMILES string of the molecule is CCCCCCC[CH]C(C)CCCCCC. The lowest BCUT2D eigenvalue weighted by molar-refractivity contribution is 0.513. The summed E-state index contributed by atoms with van der Waals surface area (Å²) in [6.07, 6.45) is 18.0. The van der Waals surface area contributed by atoms with Crippen molar-refractivity contribution in [3.05, 3.63) is 6.42 Å². The van der Waals surface area contributed by atoms with Crippen molar-refractivity contribution in [2.75, 3.05) is 0 Å². The molecular weight excluding hydrogens is 192 g/mol. The summed E-state index contributed by atoms with van der Waals surface area (Å²) < 4.78 is 0. The lowest BCUT2D eigenvalue weighted by Crippen LogP contribution is -1.96. The van der Waals surface area contributed by atoms with Gasteiger partial charge in [-0.1, -0.05) is 85.0 Å². The molecule has 0 fully saturated rings. The molecule has 0 nitrogen and oxygen atoms in total. The fourth-order valence-corrected chi connectivity index (χ4v) is 2.16. The molecule has 0 saturated heterocycles. The Morgan fingerprint density at radius 2 is 1.31 bits per heavy atom. The van der Waals surface area contributed by atoms with E-state index < -0.39 is 0 Å². The molecule has 0 aromatic rings. The van der Waals surface area contributed by atoms with Gasteiger partial charge in [0.1, 0.15) is 0 Å². The van der Waals surface area contributed by atoms with Gasteiger partial charge < -0.3 is 0 Å². The fourth-order valence-electron chi connectivity index (χ4n) is 2.16. The zero-order chi connectivity index (χ0) is 12.1. The topological polar surface area (TPSA) is 0 Å². The van der Waals surface area contributed by atoms with Crippen molar-refractivity contribution in [1.82, 2.24) is 0 Å². The molecule has 0 aliphatic carbocycles. The molecule has 0 N–H and O–H groups in total. The van der Waals surface area contributed by atoms with Crippen LogP contribution < -0.4 is 0 Å². The van der Waals surface area contributed by atoms with Crippen LogP contribution in [0.1, 0.15) is 91.4 Å². The van der Waals surface area contributed by atoms with Gasteiger partial charge in [0.05, 0.1) is 0 Å². The van der Waals surface area contributed by atoms with Crippen molar-refractivity contribution in [3.63, 3.8) is 0 Å². The van der Waals surface area contributed by atoms with Gasteiger partial charge in [0.25, 0.3) is 0 Å². The summed E-state index contributed by atoms with van der Waals surface area (Å²) in [6, 6.07) is 0. The normalized spacial score (nSPS) is 12.9. The van der Waals surface area contributed by atoms with Gasteiger partial charge in [-0.25, -0.2) is 0 Å². The molecule has 0 rings (SSSR count). The van der Waals surface area contributed by atoms with Gasteiger partial charge in [-0.2, -0.15) is 0 Å². The van der Waals surface area contributed by atoms with E-state index in [-0.39, 0.29) is 0 Å². The van der Waals surface area contributed by atoms with Gasteiger partial charge in [0.2, 0.25) is 0 Å². The van der Waals surface area contributed by atoms with Crippen LogP contribution in [0.25, 0.3) is 0 Å². The monoisotopic (exact) mass is 225 g/mol. The quantitative estimate of drug-likeness (QED) is 0.349. The third-order valence-corrected chi connectivity index (χ3v) is 3.39. The second kappa shape index (κ2) is 13.1. The first-order valence-electron chi connectivity index (χ1n) is 7.64. The van der Waals surface area contributed by atoms with Crippen LogP contribution in [0.5, 0.6) is 0 Å². The maximum Gasteiger partial charge on any atom is -0.0358 e. The van der Waals surface area contributed by atoms with E-state index in [9.17, 15) is 0 Å². The van der Waals surface area contributed by atoms with E-state index in [0.717, 1.165) is 5.92 Å². The number of unbranched alkanes of at least 4 members (excludes halogenated alkanes) is 8. The van der Waals surface area contributed by atoms with Crippen molar-refractivity contribution < 1.29 is 0 Å². The van der Waals surface area contributed by atoms with Gasteiger partial charge in [-0.15, -0.1) is 0 Å². The zero-order valence-corrected chi connectivity index (χ0v) is 11.9. The molecule has 16 heavy (non-hydrogen) atoms.